The molecule has 1 aromatic carbocycles. The maximum absolute atomic E-state index is 10.8. The van der Waals surface area contributed by atoms with Crippen LogP contribution >= 0.6 is 15.9 Å². The Balaban J connectivity index is 2.81. The van der Waals surface area contributed by atoms with Gasteiger partial charge in [0, 0.05) is 8.80 Å². The van der Waals surface area contributed by atoms with Crippen molar-refractivity contribution >= 4 is 30.4 Å². The summed E-state index contributed by atoms with van der Waals surface area (Å²) in [5.74, 6) is 0.549. The number of nitro benzene ring substituents is 1. The molecule has 0 bridgehead atoms. The summed E-state index contributed by atoms with van der Waals surface area (Å²) in [6, 6.07) is 4.85. The average Bonchev–Trinajstić information content (AvgIpc) is 2.27. The van der Waals surface area contributed by atoms with E-state index in [1.807, 2.05) is 0 Å². The smallest absolute Gasteiger partial charge is 0.287 e. The van der Waals surface area contributed by atoms with E-state index >= 15 is 0 Å². The summed E-state index contributed by atoms with van der Waals surface area (Å²) in [5.41, 5.74) is 0.0343. The van der Waals surface area contributed by atoms with Gasteiger partial charge < -0.3 is 4.74 Å². The molecule has 1 rings (SSSR count). The van der Waals surface area contributed by atoms with Gasteiger partial charge in [0.15, 0.2) is 0 Å². The second-order valence-corrected chi connectivity index (χ2v) is 10.0. The van der Waals surface area contributed by atoms with Crippen LogP contribution in [-0.4, -0.2) is 20.3 Å². The lowest BCUT2D eigenvalue weighted by Gasteiger charge is -2.28. The van der Waals surface area contributed by atoms with Gasteiger partial charge in [-0.1, -0.05) is 26.9 Å². The van der Waals surface area contributed by atoms with Gasteiger partial charge in [0.1, 0.15) is 5.75 Å². The van der Waals surface area contributed by atoms with Crippen LogP contribution in [0.5, 0.6) is 5.75 Å². The molecule has 0 fully saturated rings. The van der Waals surface area contributed by atoms with Gasteiger partial charge in [0.25, 0.3) is 5.69 Å². The zero-order valence-corrected chi connectivity index (χ0v) is 13.8. The molecule has 0 radical (unpaired) electrons. The van der Waals surface area contributed by atoms with E-state index < -0.39 is 13.7 Å². The fourth-order valence-corrected chi connectivity index (χ4v) is 1.97. The lowest BCUT2D eigenvalue weighted by Crippen LogP contribution is -2.27. The Labute approximate surface area is 117 Å². The van der Waals surface area contributed by atoms with Crippen LogP contribution in [0, 0.1) is 10.1 Å². The van der Waals surface area contributed by atoms with Crippen LogP contribution in [0.4, 0.5) is 5.69 Å². The summed E-state index contributed by atoms with van der Waals surface area (Å²) in [6.07, 6.45) is 0. The number of halogens is 1. The van der Waals surface area contributed by atoms with E-state index in [9.17, 15) is 10.1 Å². The summed E-state index contributed by atoms with van der Waals surface area (Å²) in [5, 5.41) is 11.0. The topological polar surface area (TPSA) is 52.4 Å². The first-order valence-corrected chi connectivity index (χ1v) is 9.49. The molecule has 0 spiro atoms. The number of hydrogen-bond donors (Lipinski definition) is 0. The number of ether oxygens (including phenoxy) is 1. The fraction of sp³-hybridized carbons (Fsp3) is 0.500. The molecule has 0 heterocycles. The predicted octanol–water partition coefficient (Wildman–Crippen LogP) is 4.00. The van der Waals surface area contributed by atoms with E-state index in [1.54, 1.807) is 12.1 Å². The van der Waals surface area contributed by atoms with Crippen molar-refractivity contribution in [2.24, 2.45) is 0 Å². The zero-order chi connectivity index (χ0) is 13.9. The van der Waals surface area contributed by atoms with Crippen LogP contribution in [0.15, 0.2) is 22.7 Å². The Morgan fingerprint density at radius 1 is 1.44 bits per heavy atom. The average molecular weight is 332 g/mol. The lowest BCUT2D eigenvalue weighted by atomic mass is 10.2. The number of rotatable bonds is 5. The largest absolute Gasteiger partial charge is 0.493 e. The van der Waals surface area contributed by atoms with Crippen LogP contribution < -0.4 is 4.74 Å². The highest BCUT2D eigenvalue weighted by Crippen LogP contribution is 2.32. The van der Waals surface area contributed by atoms with E-state index in [0.29, 0.717) is 16.8 Å². The van der Waals surface area contributed by atoms with Gasteiger partial charge in [0.05, 0.1) is 22.1 Å². The summed E-state index contributed by atoms with van der Waals surface area (Å²) < 4.78 is 6.16. The Bertz CT molecular complexity index is 449. The third kappa shape index (κ3) is 3.81. The van der Waals surface area contributed by atoms with Gasteiger partial charge in [0.2, 0.25) is 0 Å². The lowest BCUT2D eigenvalue weighted by molar-refractivity contribution is -0.385. The first-order chi connectivity index (χ1) is 8.24. The van der Waals surface area contributed by atoms with Crippen LogP contribution in [0.25, 0.3) is 0 Å². The van der Waals surface area contributed by atoms with E-state index in [-0.39, 0.29) is 10.7 Å². The molecule has 0 atom stereocenters. The van der Waals surface area contributed by atoms with Crippen molar-refractivity contribution in [1.29, 1.82) is 0 Å². The van der Waals surface area contributed by atoms with Gasteiger partial charge in [-0.05, 0) is 33.1 Å². The molecular weight excluding hydrogens is 314 g/mol. The minimum Gasteiger partial charge on any atom is -0.493 e. The standard InChI is InChI=1S/C12H18BrNO3Si/c1-12(2,18(3)4)8-17-9-5-6-10(13)11(7-9)14(15)16/h5-7,18H,8H2,1-4H3. The van der Waals surface area contributed by atoms with Gasteiger partial charge in [-0.3, -0.25) is 10.1 Å². The maximum Gasteiger partial charge on any atom is 0.287 e. The molecule has 0 saturated carbocycles. The molecular formula is C12H18BrNO3Si. The zero-order valence-electron chi connectivity index (χ0n) is 11.1. The van der Waals surface area contributed by atoms with E-state index in [2.05, 4.69) is 42.9 Å². The van der Waals surface area contributed by atoms with Crippen molar-refractivity contribution in [1.82, 2.24) is 0 Å². The molecule has 0 aromatic heterocycles. The molecule has 1 aromatic rings. The van der Waals surface area contributed by atoms with Crippen molar-refractivity contribution < 1.29 is 9.66 Å². The highest BCUT2D eigenvalue weighted by Gasteiger charge is 2.24. The van der Waals surface area contributed by atoms with Crippen molar-refractivity contribution in [3.8, 4) is 5.75 Å². The predicted molar refractivity (Wildman–Crippen MR) is 79.2 cm³/mol. The highest BCUT2D eigenvalue weighted by atomic mass is 79.9. The molecule has 0 aliphatic heterocycles. The first kappa shape index (κ1) is 15.2. The van der Waals surface area contributed by atoms with Crippen molar-refractivity contribution in [2.45, 2.75) is 32.0 Å². The number of benzene rings is 1. The van der Waals surface area contributed by atoms with E-state index in [0.717, 1.165) is 0 Å². The molecule has 0 N–H and O–H groups in total. The minimum absolute atomic E-state index is 0.0343. The number of hydrogen-bond acceptors (Lipinski definition) is 3. The number of nitrogens with zero attached hydrogens (tertiary/aromatic N) is 1. The second kappa shape index (κ2) is 5.84. The molecule has 4 nitrogen and oxygen atoms in total. The van der Waals surface area contributed by atoms with Crippen molar-refractivity contribution in [2.75, 3.05) is 6.61 Å². The maximum atomic E-state index is 10.8. The SMILES string of the molecule is C[SiH](C)C(C)(C)COc1ccc(Br)c([N+](=O)[O-])c1. The quantitative estimate of drug-likeness (QED) is 0.465. The van der Waals surface area contributed by atoms with Crippen molar-refractivity contribution in [3.05, 3.63) is 32.8 Å². The molecule has 0 amide bonds. The van der Waals surface area contributed by atoms with Crippen LogP contribution in [0.3, 0.4) is 0 Å². The molecule has 0 unspecified atom stereocenters. The fourth-order valence-electron chi connectivity index (χ4n) is 1.16. The third-order valence-corrected chi connectivity index (χ3v) is 7.25. The molecule has 0 saturated heterocycles. The monoisotopic (exact) mass is 331 g/mol. The van der Waals surface area contributed by atoms with Crippen LogP contribution in [0.1, 0.15) is 13.8 Å². The van der Waals surface area contributed by atoms with Gasteiger partial charge in [-0.2, -0.15) is 0 Å². The van der Waals surface area contributed by atoms with Gasteiger partial charge in [-0.15, -0.1) is 0 Å². The van der Waals surface area contributed by atoms with Crippen LogP contribution in [-0.2, 0) is 0 Å². The Morgan fingerprint density at radius 3 is 2.56 bits per heavy atom. The molecule has 100 valence electrons. The van der Waals surface area contributed by atoms with Crippen molar-refractivity contribution in [3.63, 3.8) is 0 Å². The van der Waals surface area contributed by atoms with Gasteiger partial charge >= 0.3 is 0 Å². The second-order valence-electron chi connectivity index (χ2n) is 5.30. The summed E-state index contributed by atoms with van der Waals surface area (Å²) in [6.45, 7) is 9.49. The third-order valence-electron chi connectivity index (χ3n) is 3.29. The minimum atomic E-state index is -0.831. The van der Waals surface area contributed by atoms with E-state index in [1.165, 1.54) is 6.07 Å². The Hall–Kier alpha value is -0.883. The summed E-state index contributed by atoms with van der Waals surface area (Å²) >= 11 is 3.15. The normalized spacial score (nSPS) is 11.7. The number of nitro groups is 1. The van der Waals surface area contributed by atoms with Crippen LogP contribution in [0.2, 0.25) is 18.1 Å². The van der Waals surface area contributed by atoms with Gasteiger partial charge in [-0.25, -0.2) is 0 Å². The Kier molecular flexibility index (Phi) is 4.92. The summed E-state index contributed by atoms with van der Waals surface area (Å²) in [7, 11) is -0.831. The summed E-state index contributed by atoms with van der Waals surface area (Å²) in [4.78, 5) is 10.4. The van der Waals surface area contributed by atoms with E-state index in [4.69, 9.17) is 4.74 Å². The molecule has 0 aliphatic carbocycles. The molecule has 6 heteroatoms. The first-order valence-electron chi connectivity index (χ1n) is 5.81. The molecule has 0 aliphatic rings. The highest BCUT2D eigenvalue weighted by molar-refractivity contribution is 9.10. The Morgan fingerprint density at radius 2 is 2.06 bits per heavy atom. The molecule has 18 heavy (non-hydrogen) atoms.